The van der Waals surface area contributed by atoms with Crippen molar-refractivity contribution in [1.29, 1.82) is 0 Å². The number of furan rings is 1. The maximum atomic E-state index is 10.7. The zero-order valence-corrected chi connectivity index (χ0v) is 6.60. The molecule has 1 aromatic heterocycles. The van der Waals surface area contributed by atoms with Crippen LogP contribution >= 0.6 is 0 Å². The minimum absolute atomic E-state index is 0.343. The van der Waals surface area contributed by atoms with Gasteiger partial charge >= 0.3 is 5.97 Å². The van der Waals surface area contributed by atoms with E-state index in [0.717, 1.165) is 19.2 Å². The Bertz CT molecular complexity index is 307. The third-order valence-corrected chi connectivity index (χ3v) is 1.29. The SMILES string of the molecule is COC(=O)c1ccc(C([O-])([O-])[O-])o1. The van der Waals surface area contributed by atoms with Crippen LogP contribution in [0.1, 0.15) is 16.3 Å². The fraction of sp³-hybridized carbons (Fsp3) is 0.286. The van der Waals surface area contributed by atoms with Crippen molar-refractivity contribution in [3.63, 3.8) is 0 Å². The van der Waals surface area contributed by atoms with Gasteiger partial charge in [-0.05, 0) is 12.1 Å². The number of carbonyl (C=O) groups is 1. The molecule has 0 unspecified atom stereocenters. The molecule has 0 amide bonds. The lowest BCUT2D eigenvalue weighted by Crippen LogP contribution is -2.63. The van der Waals surface area contributed by atoms with Crippen LogP contribution in [0.15, 0.2) is 16.5 Å². The van der Waals surface area contributed by atoms with Crippen LogP contribution < -0.4 is 15.3 Å². The monoisotopic (exact) mass is 185 g/mol. The lowest BCUT2D eigenvalue weighted by atomic mass is 10.4. The van der Waals surface area contributed by atoms with E-state index in [0.29, 0.717) is 0 Å². The zero-order chi connectivity index (χ0) is 10.1. The first-order valence-corrected chi connectivity index (χ1v) is 3.25. The first-order chi connectivity index (χ1) is 5.95. The van der Waals surface area contributed by atoms with Crippen molar-refractivity contribution >= 4 is 5.97 Å². The summed E-state index contributed by atoms with van der Waals surface area (Å²) in [6.45, 7) is 0. The Kier molecular flexibility index (Phi) is 2.37. The second-order valence-corrected chi connectivity index (χ2v) is 2.21. The molecule has 6 nitrogen and oxygen atoms in total. The molecule has 0 radical (unpaired) electrons. The molecule has 1 rings (SSSR count). The predicted molar refractivity (Wildman–Crippen MR) is 31.7 cm³/mol. The van der Waals surface area contributed by atoms with E-state index in [9.17, 15) is 20.1 Å². The van der Waals surface area contributed by atoms with Crippen molar-refractivity contribution in [2.24, 2.45) is 0 Å². The van der Waals surface area contributed by atoms with Gasteiger partial charge in [0.1, 0.15) is 0 Å². The smallest absolute Gasteiger partial charge is 0.373 e. The van der Waals surface area contributed by atoms with Gasteiger partial charge in [-0.2, -0.15) is 0 Å². The number of carbonyl (C=O) groups excluding carboxylic acids is 1. The number of esters is 1. The van der Waals surface area contributed by atoms with E-state index in [1.54, 1.807) is 0 Å². The van der Waals surface area contributed by atoms with Gasteiger partial charge in [0.15, 0.2) is 0 Å². The van der Waals surface area contributed by atoms with Gasteiger partial charge in [0.05, 0.1) is 12.9 Å². The Balaban J connectivity index is 2.93. The van der Waals surface area contributed by atoms with E-state index in [-0.39, 0.29) is 5.76 Å². The van der Waals surface area contributed by atoms with Crippen molar-refractivity contribution in [2.75, 3.05) is 7.11 Å². The standard InChI is InChI=1S/C7H5O6/c1-12-6(8)4-2-3-5(13-4)7(9,10)11/h2-3H,1H3/q-3. The topological polar surface area (TPSA) is 109 Å². The number of hydrogen-bond acceptors (Lipinski definition) is 6. The van der Waals surface area contributed by atoms with Gasteiger partial charge in [-0.3, -0.25) is 5.97 Å². The van der Waals surface area contributed by atoms with Crippen LogP contribution in [-0.2, 0) is 10.7 Å². The maximum Gasteiger partial charge on any atom is 0.373 e. The first kappa shape index (κ1) is 9.72. The molecule has 0 aliphatic rings. The normalized spacial score (nSPS) is 11.4. The maximum absolute atomic E-state index is 10.7. The summed E-state index contributed by atoms with van der Waals surface area (Å²) < 4.78 is 8.61. The average Bonchev–Trinajstić information content (AvgIpc) is 2.50. The van der Waals surface area contributed by atoms with Crippen molar-refractivity contribution < 1.29 is 29.3 Å². The Morgan fingerprint density at radius 2 is 2.08 bits per heavy atom. The zero-order valence-electron chi connectivity index (χ0n) is 6.60. The van der Waals surface area contributed by atoms with Crippen molar-refractivity contribution in [3.8, 4) is 0 Å². The molecule has 13 heavy (non-hydrogen) atoms. The van der Waals surface area contributed by atoms with Gasteiger partial charge in [0.25, 0.3) is 0 Å². The lowest BCUT2D eigenvalue weighted by Gasteiger charge is -2.55. The summed E-state index contributed by atoms with van der Waals surface area (Å²) in [6, 6.07) is 1.89. The van der Waals surface area contributed by atoms with Crippen LogP contribution in [-0.4, -0.2) is 13.1 Å². The summed E-state index contributed by atoms with van der Waals surface area (Å²) in [5.74, 6) is -5.90. The molecule has 0 aromatic carbocycles. The van der Waals surface area contributed by atoms with E-state index < -0.39 is 17.7 Å². The summed E-state index contributed by atoms with van der Waals surface area (Å²) in [7, 11) is 1.10. The molecule has 0 saturated carbocycles. The second-order valence-electron chi connectivity index (χ2n) is 2.21. The van der Waals surface area contributed by atoms with E-state index in [1.165, 1.54) is 0 Å². The van der Waals surface area contributed by atoms with Crippen molar-refractivity contribution in [1.82, 2.24) is 0 Å². The third kappa shape index (κ3) is 2.05. The van der Waals surface area contributed by atoms with Crippen LogP contribution in [0.3, 0.4) is 0 Å². The first-order valence-electron chi connectivity index (χ1n) is 3.25. The predicted octanol–water partition coefficient (Wildman–Crippen LogP) is -2.74. The Morgan fingerprint density at radius 3 is 2.46 bits per heavy atom. The number of methoxy groups -OCH3 is 1. The second kappa shape index (κ2) is 3.17. The summed E-state index contributed by atoms with van der Waals surface area (Å²) in [5.41, 5.74) is 0. The van der Waals surface area contributed by atoms with Gasteiger partial charge in [-0.25, -0.2) is 4.79 Å². The highest BCUT2D eigenvalue weighted by atomic mass is 16.7. The summed E-state index contributed by atoms with van der Waals surface area (Å²) in [6.07, 6.45) is 0. The van der Waals surface area contributed by atoms with Crippen molar-refractivity contribution in [2.45, 2.75) is 5.97 Å². The molecule has 0 N–H and O–H groups in total. The van der Waals surface area contributed by atoms with Gasteiger partial charge in [0, 0.05) is 0 Å². The molecular weight excluding hydrogens is 180 g/mol. The van der Waals surface area contributed by atoms with Gasteiger partial charge in [0.2, 0.25) is 5.76 Å². The van der Waals surface area contributed by atoms with Crippen LogP contribution in [0.25, 0.3) is 0 Å². The highest BCUT2D eigenvalue weighted by molar-refractivity contribution is 5.86. The summed E-state index contributed by atoms with van der Waals surface area (Å²) >= 11 is 0. The third-order valence-electron chi connectivity index (χ3n) is 1.29. The van der Waals surface area contributed by atoms with E-state index >= 15 is 0 Å². The molecule has 0 saturated heterocycles. The fourth-order valence-corrected chi connectivity index (χ4v) is 0.713. The van der Waals surface area contributed by atoms with Gasteiger partial charge in [-0.1, -0.05) is 0 Å². The van der Waals surface area contributed by atoms with Crippen molar-refractivity contribution in [3.05, 3.63) is 23.7 Å². The number of ether oxygens (including phenoxy) is 1. The quantitative estimate of drug-likeness (QED) is 0.365. The average molecular weight is 185 g/mol. The molecule has 1 aromatic rings. The molecule has 0 aliphatic carbocycles. The molecule has 0 fully saturated rings. The molecule has 0 aliphatic heterocycles. The Labute approximate surface area is 73.0 Å². The van der Waals surface area contributed by atoms with Crippen LogP contribution in [0.5, 0.6) is 0 Å². The minimum Gasteiger partial charge on any atom is -0.871 e. The molecule has 6 heteroatoms. The number of hydrogen-bond donors (Lipinski definition) is 0. The fourth-order valence-electron chi connectivity index (χ4n) is 0.713. The molecule has 0 bridgehead atoms. The molecule has 72 valence electrons. The highest BCUT2D eigenvalue weighted by Gasteiger charge is 2.10. The van der Waals surface area contributed by atoms with E-state index in [4.69, 9.17) is 0 Å². The Morgan fingerprint density at radius 1 is 1.46 bits per heavy atom. The largest absolute Gasteiger partial charge is 0.871 e. The highest BCUT2D eigenvalue weighted by Crippen LogP contribution is 2.12. The van der Waals surface area contributed by atoms with Gasteiger partial charge < -0.3 is 24.5 Å². The molecular formula is C7H5O6-3. The summed E-state index contributed by atoms with van der Waals surface area (Å²) in [4.78, 5) is 10.7. The molecule has 0 atom stereocenters. The van der Waals surface area contributed by atoms with Crippen LogP contribution in [0.4, 0.5) is 0 Å². The molecule has 1 heterocycles. The molecule has 0 spiro atoms. The van der Waals surface area contributed by atoms with Crippen LogP contribution in [0, 0.1) is 0 Å². The minimum atomic E-state index is -3.83. The van der Waals surface area contributed by atoms with Crippen LogP contribution in [0.2, 0.25) is 0 Å². The van der Waals surface area contributed by atoms with E-state index in [1.807, 2.05) is 0 Å². The Hall–Kier alpha value is -1.37. The van der Waals surface area contributed by atoms with Gasteiger partial charge in [-0.15, -0.1) is 0 Å². The number of rotatable bonds is 2. The summed E-state index contributed by atoms with van der Waals surface area (Å²) in [5, 5.41) is 30.8. The lowest BCUT2D eigenvalue weighted by molar-refractivity contribution is -0.923. The van der Waals surface area contributed by atoms with E-state index in [2.05, 4.69) is 9.15 Å².